The van der Waals surface area contributed by atoms with Crippen LogP contribution in [0.1, 0.15) is 37.5 Å². The number of aromatic hydroxyl groups is 1. The van der Waals surface area contributed by atoms with Crippen LogP contribution in [-0.2, 0) is 31.0 Å². The minimum absolute atomic E-state index is 0.220. The van der Waals surface area contributed by atoms with Crippen LogP contribution in [0.5, 0.6) is 5.75 Å². The van der Waals surface area contributed by atoms with E-state index in [1.54, 1.807) is 6.07 Å². The molecular weight excluding hydrogens is 258 g/mol. The summed E-state index contributed by atoms with van der Waals surface area (Å²) in [6.45, 7) is 7.77. The molecule has 3 heterocycles. The van der Waals surface area contributed by atoms with E-state index in [1.807, 2.05) is 20.8 Å². The van der Waals surface area contributed by atoms with Gasteiger partial charge >= 0.3 is 0 Å². The van der Waals surface area contributed by atoms with Gasteiger partial charge in [-0.1, -0.05) is 0 Å². The summed E-state index contributed by atoms with van der Waals surface area (Å²) < 4.78 is 16.6. The zero-order valence-corrected chi connectivity index (χ0v) is 11.9. The smallest absolute Gasteiger partial charge is 0.122 e. The fourth-order valence-electron chi connectivity index (χ4n) is 2.98. The second-order valence-electron chi connectivity index (χ2n) is 6.67. The number of nitrogen functional groups attached to an aromatic ring is 1. The molecule has 3 unspecified atom stereocenters. The van der Waals surface area contributed by atoms with Crippen molar-refractivity contribution in [3.8, 4) is 5.75 Å². The molecule has 5 nitrogen and oxygen atoms in total. The van der Waals surface area contributed by atoms with Crippen LogP contribution in [0.4, 0.5) is 5.69 Å². The molecule has 3 atom stereocenters. The van der Waals surface area contributed by atoms with Crippen molar-refractivity contribution in [3.63, 3.8) is 0 Å². The third-order valence-corrected chi connectivity index (χ3v) is 4.71. The number of hydrogen-bond acceptors (Lipinski definition) is 5. The lowest BCUT2D eigenvalue weighted by Crippen LogP contribution is -2.20. The zero-order valence-electron chi connectivity index (χ0n) is 11.9. The Kier molecular flexibility index (Phi) is 2.05. The molecule has 0 aromatic heterocycles. The maximum Gasteiger partial charge on any atom is 0.122 e. The Bertz CT molecular complexity index is 613. The van der Waals surface area contributed by atoms with Gasteiger partial charge in [-0.25, -0.2) is 0 Å². The SMILES string of the molecule is CC1(c2cc(O)c(C3(C)CO3)c(C3(C)CO3)c2N)CO1. The number of rotatable bonds is 3. The van der Waals surface area contributed by atoms with Crippen molar-refractivity contribution >= 4 is 5.69 Å². The Morgan fingerprint density at radius 2 is 1.40 bits per heavy atom. The van der Waals surface area contributed by atoms with Crippen LogP contribution in [0.15, 0.2) is 6.07 Å². The summed E-state index contributed by atoms with van der Waals surface area (Å²) in [6, 6.07) is 1.72. The third-order valence-electron chi connectivity index (χ3n) is 4.71. The van der Waals surface area contributed by atoms with Crippen LogP contribution in [0, 0.1) is 0 Å². The van der Waals surface area contributed by atoms with Gasteiger partial charge in [0.1, 0.15) is 22.6 Å². The fraction of sp³-hybridized carbons (Fsp3) is 0.600. The molecule has 5 heteroatoms. The first-order valence-electron chi connectivity index (χ1n) is 6.88. The zero-order chi connectivity index (χ0) is 14.3. The van der Waals surface area contributed by atoms with Crippen molar-refractivity contribution in [1.82, 2.24) is 0 Å². The van der Waals surface area contributed by atoms with Crippen LogP contribution in [0.2, 0.25) is 0 Å². The predicted octanol–water partition coefficient (Wildman–Crippen LogP) is 1.71. The van der Waals surface area contributed by atoms with Gasteiger partial charge in [0, 0.05) is 22.4 Å². The molecule has 3 fully saturated rings. The molecule has 4 rings (SSSR count). The summed E-state index contributed by atoms with van der Waals surface area (Å²) in [4.78, 5) is 0. The Balaban J connectivity index is 1.98. The average molecular weight is 277 g/mol. The number of benzene rings is 1. The molecule has 3 aliphatic heterocycles. The van der Waals surface area contributed by atoms with Gasteiger partial charge in [0.05, 0.1) is 19.8 Å². The maximum absolute atomic E-state index is 10.5. The van der Waals surface area contributed by atoms with E-state index >= 15 is 0 Å². The van der Waals surface area contributed by atoms with Gasteiger partial charge in [0.2, 0.25) is 0 Å². The molecule has 0 aliphatic carbocycles. The first-order valence-corrected chi connectivity index (χ1v) is 6.88. The van der Waals surface area contributed by atoms with Crippen LogP contribution in [0.25, 0.3) is 0 Å². The molecule has 0 spiro atoms. The lowest BCUT2D eigenvalue weighted by Gasteiger charge is -2.23. The summed E-state index contributed by atoms with van der Waals surface area (Å²) in [5.74, 6) is 0.220. The topological polar surface area (TPSA) is 83.8 Å². The van der Waals surface area contributed by atoms with Gasteiger partial charge < -0.3 is 25.1 Å². The van der Waals surface area contributed by atoms with Crippen molar-refractivity contribution < 1.29 is 19.3 Å². The molecule has 3 aliphatic rings. The minimum atomic E-state index is -0.452. The van der Waals surface area contributed by atoms with Gasteiger partial charge in [-0.15, -0.1) is 0 Å². The number of ether oxygens (including phenoxy) is 3. The minimum Gasteiger partial charge on any atom is -0.508 e. The molecule has 0 radical (unpaired) electrons. The first-order chi connectivity index (χ1) is 9.29. The Morgan fingerprint density at radius 3 is 1.85 bits per heavy atom. The van der Waals surface area contributed by atoms with Crippen LogP contribution in [-0.4, -0.2) is 24.9 Å². The molecule has 1 aromatic carbocycles. The third kappa shape index (κ3) is 1.54. The molecule has 0 amide bonds. The molecule has 0 saturated carbocycles. The normalized spacial score (nSPS) is 41.5. The molecule has 0 bridgehead atoms. The van der Waals surface area contributed by atoms with E-state index in [0.29, 0.717) is 25.5 Å². The summed E-state index contributed by atoms with van der Waals surface area (Å²) in [6.07, 6.45) is 0. The number of hydrogen-bond donors (Lipinski definition) is 2. The Labute approximate surface area is 117 Å². The number of anilines is 1. The van der Waals surface area contributed by atoms with Gasteiger partial charge in [0.25, 0.3) is 0 Å². The summed E-state index contributed by atoms with van der Waals surface area (Å²) in [7, 11) is 0. The van der Waals surface area contributed by atoms with E-state index in [2.05, 4.69) is 0 Å². The van der Waals surface area contributed by atoms with E-state index in [-0.39, 0.29) is 11.4 Å². The summed E-state index contributed by atoms with van der Waals surface area (Å²) in [5.41, 5.74) is 8.28. The molecule has 3 N–H and O–H groups in total. The van der Waals surface area contributed by atoms with E-state index in [1.165, 1.54) is 0 Å². The van der Waals surface area contributed by atoms with Crippen molar-refractivity contribution in [3.05, 3.63) is 22.8 Å². The number of epoxide rings is 3. The number of phenolic OH excluding ortho intramolecular Hbond substituents is 1. The Morgan fingerprint density at radius 1 is 0.950 bits per heavy atom. The van der Waals surface area contributed by atoms with E-state index < -0.39 is 11.2 Å². The van der Waals surface area contributed by atoms with Gasteiger partial charge in [-0.2, -0.15) is 0 Å². The monoisotopic (exact) mass is 277 g/mol. The van der Waals surface area contributed by atoms with Crippen LogP contribution >= 0.6 is 0 Å². The highest BCUT2D eigenvalue weighted by Crippen LogP contribution is 2.56. The van der Waals surface area contributed by atoms with Gasteiger partial charge in [-0.05, 0) is 26.8 Å². The highest BCUT2D eigenvalue weighted by atomic mass is 16.6. The highest BCUT2D eigenvalue weighted by Gasteiger charge is 2.55. The van der Waals surface area contributed by atoms with Crippen molar-refractivity contribution in [2.24, 2.45) is 0 Å². The molecule has 1 aromatic rings. The molecule has 108 valence electrons. The predicted molar refractivity (Wildman–Crippen MR) is 72.4 cm³/mol. The van der Waals surface area contributed by atoms with Gasteiger partial charge in [-0.3, -0.25) is 0 Å². The molecular formula is C15H19NO4. The van der Waals surface area contributed by atoms with Crippen molar-refractivity contribution in [2.75, 3.05) is 25.6 Å². The highest BCUT2D eigenvalue weighted by molar-refractivity contribution is 5.68. The van der Waals surface area contributed by atoms with Gasteiger partial charge in [0.15, 0.2) is 0 Å². The number of nitrogens with two attached hydrogens (primary N) is 1. The standard InChI is InChI=1S/C15H19NO4/c1-13(5-18-13)8-4-9(17)10(14(2)6-19-14)11(12(8)16)15(3)7-20-15/h4,17H,5-7,16H2,1-3H3. The van der Waals surface area contributed by atoms with E-state index in [4.69, 9.17) is 19.9 Å². The second-order valence-corrected chi connectivity index (χ2v) is 6.67. The lowest BCUT2D eigenvalue weighted by molar-refractivity contribution is 0.296. The lowest BCUT2D eigenvalue weighted by atomic mass is 9.83. The van der Waals surface area contributed by atoms with Crippen LogP contribution < -0.4 is 5.73 Å². The maximum atomic E-state index is 10.5. The Hall–Kier alpha value is -1.30. The largest absolute Gasteiger partial charge is 0.508 e. The summed E-state index contributed by atoms with van der Waals surface area (Å²) in [5, 5.41) is 10.5. The van der Waals surface area contributed by atoms with Crippen LogP contribution in [0.3, 0.4) is 0 Å². The van der Waals surface area contributed by atoms with E-state index in [0.717, 1.165) is 16.7 Å². The van der Waals surface area contributed by atoms with Crippen molar-refractivity contribution in [1.29, 1.82) is 0 Å². The van der Waals surface area contributed by atoms with Crippen molar-refractivity contribution in [2.45, 2.75) is 37.6 Å². The summed E-state index contributed by atoms with van der Waals surface area (Å²) >= 11 is 0. The number of phenols is 1. The first kappa shape index (κ1) is 12.4. The fourth-order valence-corrected chi connectivity index (χ4v) is 2.98. The molecule has 20 heavy (non-hydrogen) atoms. The quantitative estimate of drug-likeness (QED) is 0.499. The second kappa shape index (κ2) is 3.30. The average Bonchev–Trinajstić information content (AvgIpc) is 3.26. The van der Waals surface area contributed by atoms with E-state index in [9.17, 15) is 5.11 Å². The molecule has 3 saturated heterocycles.